The van der Waals surface area contributed by atoms with E-state index in [1.165, 1.54) is 18.7 Å². The van der Waals surface area contributed by atoms with Crippen LogP contribution in [-0.4, -0.2) is 43.2 Å². The van der Waals surface area contributed by atoms with Crippen LogP contribution in [0, 0.1) is 5.82 Å². The first-order valence-electron chi connectivity index (χ1n) is 11.3. The molecule has 1 atom stereocenters. The highest BCUT2D eigenvalue weighted by atomic mass is 19.1. The Bertz CT molecular complexity index is 900. The Kier molecular flexibility index (Phi) is 7.77. The van der Waals surface area contributed by atoms with Gasteiger partial charge in [-0.15, -0.1) is 0 Å². The first-order valence-corrected chi connectivity index (χ1v) is 11.3. The van der Waals surface area contributed by atoms with Crippen LogP contribution in [0.15, 0.2) is 42.5 Å². The monoisotopic (exact) mass is 442 g/mol. The van der Waals surface area contributed by atoms with Crippen molar-refractivity contribution in [2.24, 2.45) is 0 Å². The highest BCUT2D eigenvalue weighted by molar-refractivity contribution is 5.81. The van der Waals surface area contributed by atoms with Gasteiger partial charge in [0.25, 0.3) is 5.91 Å². The van der Waals surface area contributed by atoms with E-state index in [1.54, 1.807) is 13.0 Å². The summed E-state index contributed by atoms with van der Waals surface area (Å²) in [5.74, 6) is 0.522. The standard InChI is InChI=1S/C26H35FN2O3/c1-18(32-22-9-7-20(8-10-22)26(2,3)4)25(30)28-21-12-14-29(15-13-21)17-19-6-11-24(31-5)23(27)16-19/h6-11,16,18,21H,12-15,17H2,1-5H3,(H,28,30). The third-order valence-corrected chi connectivity index (χ3v) is 5.96. The first-order chi connectivity index (χ1) is 15.2. The molecule has 0 aliphatic carbocycles. The van der Waals surface area contributed by atoms with Gasteiger partial charge in [0.1, 0.15) is 5.75 Å². The number of nitrogens with one attached hydrogen (secondary N) is 1. The molecule has 2 aromatic carbocycles. The van der Waals surface area contributed by atoms with Crippen LogP contribution in [-0.2, 0) is 16.8 Å². The molecule has 1 unspecified atom stereocenters. The lowest BCUT2D eigenvalue weighted by Crippen LogP contribution is -2.47. The molecule has 0 saturated carbocycles. The molecule has 32 heavy (non-hydrogen) atoms. The number of benzene rings is 2. The SMILES string of the molecule is COc1ccc(CN2CCC(NC(=O)C(C)Oc3ccc(C(C)(C)C)cc3)CC2)cc1F. The summed E-state index contributed by atoms with van der Waals surface area (Å²) in [6.45, 7) is 10.7. The van der Waals surface area contributed by atoms with Gasteiger partial charge in [-0.3, -0.25) is 9.69 Å². The number of likely N-dealkylation sites (tertiary alicyclic amines) is 1. The van der Waals surface area contributed by atoms with Crippen LogP contribution in [0.2, 0.25) is 0 Å². The summed E-state index contributed by atoms with van der Waals surface area (Å²) < 4.78 is 24.7. The number of rotatable bonds is 7. The summed E-state index contributed by atoms with van der Waals surface area (Å²) in [6.07, 6.45) is 1.16. The van der Waals surface area contributed by atoms with Crippen molar-refractivity contribution in [3.63, 3.8) is 0 Å². The van der Waals surface area contributed by atoms with Crippen molar-refractivity contribution < 1.29 is 18.7 Å². The van der Waals surface area contributed by atoms with Gasteiger partial charge >= 0.3 is 0 Å². The first kappa shape index (κ1) is 24.1. The van der Waals surface area contributed by atoms with Gasteiger partial charge < -0.3 is 14.8 Å². The van der Waals surface area contributed by atoms with Crippen molar-refractivity contribution in [3.05, 3.63) is 59.4 Å². The minimum Gasteiger partial charge on any atom is -0.494 e. The van der Waals surface area contributed by atoms with E-state index in [1.807, 2.05) is 30.3 Å². The molecular weight excluding hydrogens is 407 g/mol. The lowest BCUT2D eigenvalue weighted by molar-refractivity contribution is -0.128. The molecule has 174 valence electrons. The topological polar surface area (TPSA) is 50.8 Å². The summed E-state index contributed by atoms with van der Waals surface area (Å²) >= 11 is 0. The number of methoxy groups -OCH3 is 1. The van der Waals surface area contributed by atoms with Crippen LogP contribution >= 0.6 is 0 Å². The van der Waals surface area contributed by atoms with Gasteiger partial charge in [-0.2, -0.15) is 0 Å². The molecule has 1 aliphatic rings. The van der Waals surface area contributed by atoms with E-state index in [0.29, 0.717) is 12.3 Å². The van der Waals surface area contributed by atoms with Gasteiger partial charge in [0.05, 0.1) is 7.11 Å². The highest BCUT2D eigenvalue weighted by Crippen LogP contribution is 2.25. The van der Waals surface area contributed by atoms with Crippen molar-refractivity contribution in [1.29, 1.82) is 0 Å². The van der Waals surface area contributed by atoms with Gasteiger partial charge in [0.15, 0.2) is 17.7 Å². The van der Waals surface area contributed by atoms with Crippen molar-refractivity contribution >= 4 is 5.91 Å². The van der Waals surface area contributed by atoms with Gasteiger partial charge in [-0.1, -0.05) is 39.0 Å². The van der Waals surface area contributed by atoms with Gasteiger partial charge in [0.2, 0.25) is 0 Å². The molecule has 1 aliphatic heterocycles. The van der Waals surface area contributed by atoms with Crippen LogP contribution in [0.5, 0.6) is 11.5 Å². The van der Waals surface area contributed by atoms with E-state index in [4.69, 9.17) is 9.47 Å². The Labute approximate surface area is 190 Å². The molecule has 1 amide bonds. The average Bonchev–Trinajstić information content (AvgIpc) is 2.75. The van der Waals surface area contributed by atoms with Crippen molar-refractivity contribution in [2.45, 2.75) is 64.6 Å². The number of nitrogens with zero attached hydrogens (tertiary/aromatic N) is 1. The van der Waals surface area contributed by atoms with E-state index in [9.17, 15) is 9.18 Å². The zero-order chi connectivity index (χ0) is 23.3. The molecule has 0 spiro atoms. The molecule has 5 nitrogen and oxygen atoms in total. The van der Waals surface area contributed by atoms with Gasteiger partial charge in [0, 0.05) is 25.7 Å². The largest absolute Gasteiger partial charge is 0.494 e. The van der Waals surface area contributed by atoms with Gasteiger partial charge in [-0.05, 0) is 60.6 Å². The van der Waals surface area contributed by atoms with E-state index in [0.717, 1.165) is 31.5 Å². The Morgan fingerprint density at radius 2 is 1.81 bits per heavy atom. The maximum Gasteiger partial charge on any atom is 0.260 e. The number of carbonyl (C=O) groups is 1. The van der Waals surface area contributed by atoms with Crippen LogP contribution in [0.1, 0.15) is 51.7 Å². The fraction of sp³-hybridized carbons (Fsp3) is 0.500. The second kappa shape index (κ2) is 10.3. The Morgan fingerprint density at radius 3 is 2.38 bits per heavy atom. The number of hydrogen-bond donors (Lipinski definition) is 1. The normalized spacial score (nSPS) is 16.4. The molecule has 6 heteroatoms. The van der Waals surface area contributed by atoms with Crippen molar-refractivity contribution in [2.75, 3.05) is 20.2 Å². The second-order valence-electron chi connectivity index (χ2n) is 9.56. The molecule has 0 bridgehead atoms. The van der Waals surface area contributed by atoms with Crippen molar-refractivity contribution in [3.8, 4) is 11.5 Å². The average molecular weight is 443 g/mol. The predicted molar refractivity (Wildman–Crippen MR) is 125 cm³/mol. The lowest BCUT2D eigenvalue weighted by atomic mass is 9.87. The molecule has 1 N–H and O–H groups in total. The summed E-state index contributed by atoms with van der Waals surface area (Å²) in [7, 11) is 1.46. The van der Waals surface area contributed by atoms with Crippen LogP contribution in [0.4, 0.5) is 4.39 Å². The number of hydrogen-bond acceptors (Lipinski definition) is 4. The van der Waals surface area contributed by atoms with Crippen LogP contribution < -0.4 is 14.8 Å². The molecule has 2 aromatic rings. The summed E-state index contributed by atoms with van der Waals surface area (Å²) in [4.78, 5) is 14.9. The van der Waals surface area contributed by atoms with Crippen molar-refractivity contribution in [1.82, 2.24) is 10.2 Å². The maximum atomic E-state index is 13.9. The highest BCUT2D eigenvalue weighted by Gasteiger charge is 2.24. The third-order valence-electron chi connectivity index (χ3n) is 5.96. The molecule has 1 heterocycles. The van der Waals surface area contributed by atoms with E-state index >= 15 is 0 Å². The lowest BCUT2D eigenvalue weighted by Gasteiger charge is -2.33. The zero-order valence-electron chi connectivity index (χ0n) is 19.8. The Morgan fingerprint density at radius 1 is 1.16 bits per heavy atom. The number of carbonyl (C=O) groups excluding carboxylic acids is 1. The van der Waals surface area contributed by atoms with E-state index in [2.05, 4.69) is 31.0 Å². The summed E-state index contributed by atoms with van der Waals surface area (Å²) in [6, 6.07) is 13.1. The zero-order valence-corrected chi connectivity index (χ0v) is 19.8. The van der Waals surface area contributed by atoms with Crippen LogP contribution in [0.25, 0.3) is 0 Å². The number of ether oxygens (including phenoxy) is 2. The molecule has 0 radical (unpaired) electrons. The number of amides is 1. The molecule has 3 rings (SSSR count). The predicted octanol–water partition coefficient (Wildman–Crippen LogP) is 4.68. The maximum absolute atomic E-state index is 13.9. The second-order valence-corrected chi connectivity index (χ2v) is 9.56. The van der Waals surface area contributed by atoms with Gasteiger partial charge in [-0.25, -0.2) is 4.39 Å². The molecule has 1 saturated heterocycles. The third kappa shape index (κ3) is 6.45. The molecule has 1 fully saturated rings. The smallest absolute Gasteiger partial charge is 0.260 e. The Balaban J connectivity index is 1.44. The summed E-state index contributed by atoms with van der Waals surface area (Å²) in [5, 5.41) is 3.12. The van der Waals surface area contributed by atoms with Crippen LogP contribution in [0.3, 0.4) is 0 Å². The minimum atomic E-state index is -0.559. The number of piperidine rings is 1. The Hall–Kier alpha value is -2.60. The quantitative estimate of drug-likeness (QED) is 0.677. The number of halogens is 1. The van der Waals surface area contributed by atoms with E-state index in [-0.39, 0.29) is 28.9 Å². The molecular formula is C26H35FN2O3. The fourth-order valence-corrected chi connectivity index (χ4v) is 3.91. The fourth-order valence-electron chi connectivity index (χ4n) is 3.91. The molecule has 0 aromatic heterocycles. The van der Waals surface area contributed by atoms with E-state index < -0.39 is 6.10 Å². The minimum absolute atomic E-state index is 0.0813. The summed E-state index contributed by atoms with van der Waals surface area (Å²) in [5.41, 5.74) is 2.23.